The zero-order chi connectivity index (χ0) is 15.2. The molecule has 1 aromatic carbocycles. The van der Waals surface area contributed by atoms with Gasteiger partial charge in [0.2, 0.25) is 0 Å². The monoisotopic (exact) mass is 310 g/mol. The van der Waals surface area contributed by atoms with Gasteiger partial charge in [-0.1, -0.05) is 6.07 Å². The van der Waals surface area contributed by atoms with Gasteiger partial charge in [-0.25, -0.2) is 18.0 Å². The average molecular weight is 310 g/mol. The number of carboxylic acid groups (broad SMARTS) is 1. The van der Waals surface area contributed by atoms with Gasteiger partial charge in [-0.05, 0) is 25.0 Å². The van der Waals surface area contributed by atoms with Crippen LogP contribution in [-0.4, -0.2) is 40.6 Å². The summed E-state index contributed by atoms with van der Waals surface area (Å²) in [6.45, 7) is 0. The lowest BCUT2D eigenvalue weighted by atomic mass is 10.1. The molecular formula is C13H14N2O5S. The predicted molar refractivity (Wildman–Crippen MR) is 76.4 cm³/mol. The van der Waals surface area contributed by atoms with E-state index in [1.165, 1.54) is 10.6 Å². The van der Waals surface area contributed by atoms with E-state index in [1.807, 2.05) is 0 Å². The number of fused-ring (bicyclic) bond motifs is 1. The van der Waals surface area contributed by atoms with Crippen molar-refractivity contribution in [3.8, 4) is 0 Å². The van der Waals surface area contributed by atoms with Gasteiger partial charge in [-0.2, -0.15) is 0 Å². The number of sulfone groups is 1. The number of hydrogen-bond acceptors (Lipinski definition) is 4. The molecule has 0 saturated carbocycles. The maximum absolute atomic E-state index is 12.1. The third-order valence-corrected chi connectivity index (χ3v) is 5.59. The van der Waals surface area contributed by atoms with Gasteiger partial charge in [0, 0.05) is 6.04 Å². The molecule has 1 aliphatic heterocycles. The van der Waals surface area contributed by atoms with Crippen LogP contribution >= 0.6 is 0 Å². The van der Waals surface area contributed by atoms with Crippen LogP contribution in [0.2, 0.25) is 0 Å². The zero-order valence-corrected chi connectivity index (χ0v) is 11.9. The first-order chi connectivity index (χ1) is 9.89. The Balaban J connectivity index is 2.12. The van der Waals surface area contributed by atoms with Gasteiger partial charge in [0.15, 0.2) is 0 Å². The fourth-order valence-corrected chi connectivity index (χ4v) is 4.29. The molecule has 21 heavy (non-hydrogen) atoms. The van der Waals surface area contributed by atoms with Crippen molar-refractivity contribution in [3.63, 3.8) is 0 Å². The van der Waals surface area contributed by atoms with Crippen LogP contribution in [0, 0.1) is 0 Å². The number of imidazole rings is 1. The molecule has 3 rings (SSSR count). The van der Waals surface area contributed by atoms with Crippen molar-refractivity contribution in [2.75, 3.05) is 11.5 Å². The van der Waals surface area contributed by atoms with Gasteiger partial charge in [-0.15, -0.1) is 0 Å². The largest absolute Gasteiger partial charge is 0.478 e. The highest BCUT2D eigenvalue weighted by Crippen LogP contribution is 2.26. The number of nitrogens with one attached hydrogen (secondary N) is 1. The summed E-state index contributed by atoms with van der Waals surface area (Å²) in [5.41, 5.74) is 0.419. The van der Waals surface area contributed by atoms with E-state index in [2.05, 4.69) is 4.98 Å². The first-order valence-corrected chi connectivity index (χ1v) is 8.38. The Labute approximate surface area is 120 Å². The number of nitrogens with zero attached hydrogens (tertiary/aromatic N) is 1. The second-order valence-corrected chi connectivity index (χ2v) is 7.49. The number of rotatable bonds is 2. The molecule has 7 nitrogen and oxygen atoms in total. The second kappa shape index (κ2) is 4.73. The van der Waals surface area contributed by atoms with Crippen molar-refractivity contribution in [1.82, 2.24) is 9.55 Å². The van der Waals surface area contributed by atoms with Crippen LogP contribution in [0.25, 0.3) is 11.0 Å². The molecule has 2 aromatic rings. The molecule has 0 unspecified atom stereocenters. The molecule has 0 atom stereocenters. The number of benzene rings is 1. The van der Waals surface area contributed by atoms with Gasteiger partial charge in [0.1, 0.15) is 9.84 Å². The summed E-state index contributed by atoms with van der Waals surface area (Å²) >= 11 is 0. The minimum Gasteiger partial charge on any atom is -0.478 e. The highest BCUT2D eigenvalue weighted by atomic mass is 32.2. The maximum atomic E-state index is 12.1. The molecule has 0 bridgehead atoms. The van der Waals surface area contributed by atoms with E-state index in [0.717, 1.165) is 0 Å². The van der Waals surface area contributed by atoms with E-state index in [-0.39, 0.29) is 28.6 Å². The van der Waals surface area contributed by atoms with Crippen LogP contribution in [0.15, 0.2) is 23.0 Å². The molecule has 1 aromatic heterocycles. The predicted octanol–water partition coefficient (Wildman–Crippen LogP) is 0.777. The summed E-state index contributed by atoms with van der Waals surface area (Å²) in [7, 11) is -3.01. The van der Waals surface area contributed by atoms with E-state index < -0.39 is 21.5 Å². The number of hydrogen-bond donors (Lipinski definition) is 2. The van der Waals surface area contributed by atoms with Gasteiger partial charge in [0.05, 0.1) is 28.1 Å². The molecule has 2 heterocycles. The Hall–Kier alpha value is -2.09. The van der Waals surface area contributed by atoms with Crippen LogP contribution in [0.4, 0.5) is 0 Å². The Morgan fingerprint density at radius 3 is 2.57 bits per heavy atom. The Morgan fingerprint density at radius 2 is 1.95 bits per heavy atom. The summed E-state index contributed by atoms with van der Waals surface area (Å²) in [4.78, 5) is 25.9. The van der Waals surface area contributed by atoms with Gasteiger partial charge < -0.3 is 10.1 Å². The summed E-state index contributed by atoms with van der Waals surface area (Å²) in [5.74, 6) is -1.01. The number of para-hydroxylation sites is 1. The molecule has 0 aliphatic carbocycles. The van der Waals surface area contributed by atoms with E-state index in [4.69, 9.17) is 5.11 Å². The lowest BCUT2D eigenvalue weighted by Gasteiger charge is -2.23. The standard InChI is InChI=1S/C13H14N2O5S/c16-12(17)9-2-1-3-10-11(9)14-13(18)15(10)8-4-6-21(19,20)7-5-8/h1-3,8H,4-7H2,(H,14,18)(H,16,17). The lowest BCUT2D eigenvalue weighted by Crippen LogP contribution is -2.30. The number of aromatic nitrogens is 2. The van der Waals surface area contributed by atoms with Crippen molar-refractivity contribution >= 4 is 26.8 Å². The number of carbonyl (C=O) groups is 1. The van der Waals surface area contributed by atoms with Crippen LogP contribution in [-0.2, 0) is 9.84 Å². The number of H-pyrrole nitrogens is 1. The molecule has 2 N–H and O–H groups in total. The van der Waals surface area contributed by atoms with Gasteiger partial charge >= 0.3 is 11.7 Å². The van der Waals surface area contributed by atoms with Crippen molar-refractivity contribution < 1.29 is 18.3 Å². The van der Waals surface area contributed by atoms with Gasteiger partial charge in [0.25, 0.3) is 0 Å². The average Bonchev–Trinajstić information content (AvgIpc) is 2.74. The van der Waals surface area contributed by atoms with E-state index in [9.17, 15) is 18.0 Å². The van der Waals surface area contributed by atoms with Crippen LogP contribution in [0.5, 0.6) is 0 Å². The second-order valence-electron chi connectivity index (χ2n) is 5.19. The van der Waals surface area contributed by atoms with Crippen molar-refractivity contribution in [2.45, 2.75) is 18.9 Å². The SMILES string of the molecule is O=C(O)c1cccc2c1[nH]c(=O)n2C1CCS(=O)(=O)CC1. The van der Waals surface area contributed by atoms with Crippen molar-refractivity contribution in [3.05, 3.63) is 34.2 Å². The van der Waals surface area contributed by atoms with Crippen molar-refractivity contribution in [2.24, 2.45) is 0 Å². The van der Waals surface area contributed by atoms with E-state index in [0.29, 0.717) is 18.4 Å². The van der Waals surface area contributed by atoms with Crippen molar-refractivity contribution in [1.29, 1.82) is 0 Å². The molecule has 8 heteroatoms. The number of carboxylic acids is 1. The number of aromatic amines is 1. The quantitative estimate of drug-likeness (QED) is 0.851. The molecule has 112 valence electrons. The fourth-order valence-electron chi connectivity index (χ4n) is 2.83. The highest BCUT2D eigenvalue weighted by Gasteiger charge is 2.27. The highest BCUT2D eigenvalue weighted by molar-refractivity contribution is 7.91. The zero-order valence-electron chi connectivity index (χ0n) is 11.1. The molecule has 0 spiro atoms. The van der Waals surface area contributed by atoms with Gasteiger partial charge in [-0.3, -0.25) is 4.57 Å². The molecule has 0 amide bonds. The molecule has 1 aliphatic rings. The third kappa shape index (κ3) is 2.35. The van der Waals surface area contributed by atoms with Crippen LogP contribution in [0.1, 0.15) is 29.2 Å². The summed E-state index contributed by atoms with van der Waals surface area (Å²) in [5, 5.41) is 9.15. The first kappa shape index (κ1) is 13.9. The molecular weight excluding hydrogens is 296 g/mol. The Morgan fingerprint density at radius 1 is 1.29 bits per heavy atom. The molecule has 1 saturated heterocycles. The maximum Gasteiger partial charge on any atom is 0.337 e. The van der Waals surface area contributed by atoms with E-state index >= 15 is 0 Å². The fraction of sp³-hybridized carbons (Fsp3) is 0.385. The Kier molecular flexibility index (Phi) is 3.12. The minimum atomic E-state index is -3.01. The first-order valence-electron chi connectivity index (χ1n) is 6.56. The summed E-state index contributed by atoms with van der Waals surface area (Å²) in [6, 6.07) is 4.45. The lowest BCUT2D eigenvalue weighted by molar-refractivity contribution is 0.0699. The summed E-state index contributed by atoms with van der Waals surface area (Å²) < 4.78 is 24.5. The molecule has 0 radical (unpaired) electrons. The normalized spacial score (nSPS) is 18.9. The van der Waals surface area contributed by atoms with Crippen LogP contribution in [0.3, 0.4) is 0 Å². The molecule has 1 fully saturated rings. The number of aromatic carboxylic acids is 1. The Bertz CT molecular complexity index is 864. The summed E-state index contributed by atoms with van der Waals surface area (Å²) in [6.07, 6.45) is 0.735. The van der Waals surface area contributed by atoms with Crippen LogP contribution < -0.4 is 5.69 Å². The topological polar surface area (TPSA) is 109 Å². The minimum absolute atomic E-state index is 0.0341. The third-order valence-electron chi connectivity index (χ3n) is 3.87. The smallest absolute Gasteiger partial charge is 0.337 e. The van der Waals surface area contributed by atoms with E-state index in [1.54, 1.807) is 12.1 Å².